The number of alkyl halides is 3. The van der Waals surface area contributed by atoms with Crippen LogP contribution in [-0.2, 0) is 11.3 Å². The molecule has 4 amide bonds. The van der Waals surface area contributed by atoms with Crippen molar-refractivity contribution in [3.8, 4) is 5.75 Å². The number of anilines is 2. The molecule has 2 heterocycles. The number of benzene rings is 2. The maximum absolute atomic E-state index is 13.3. The number of hydrogen-bond donors (Lipinski definition) is 0. The lowest BCUT2D eigenvalue weighted by Crippen LogP contribution is -2.35. The number of aromatic nitrogens is 1. The summed E-state index contributed by atoms with van der Waals surface area (Å²) in [5, 5.41) is 0. The molecule has 1 aliphatic rings. The van der Waals surface area contributed by atoms with Gasteiger partial charge in [0.05, 0.1) is 18.4 Å². The molecule has 0 saturated carbocycles. The van der Waals surface area contributed by atoms with Crippen molar-refractivity contribution >= 4 is 41.0 Å². The van der Waals surface area contributed by atoms with Gasteiger partial charge in [-0.25, -0.2) is 9.69 Å². The topological polar surface area (TPSA) is 83.1 Å². The maximum Gasteiger partial charge on any atom is 0.446 e. The number of nitrogens with zero attached hydrogens (tertiary/aromatic N) is 4. The summed E-state index contributed by atoms with van der Waals surface area (Å²) in [6, 6.07) is 12.0. The van der Waals surface area contributed by atoms with Gasteiger partial charge in [-0.2, -0.15) is 13.2 Å². The molecule has 1 aromatic heterocycles. The molecule has 1 saturated heterocycles. The number of carbonyl (C=O) groups is 3. The maximum atomic E-state index is 13.3. The molecule has 2 aromatic carbocycles. The molecule has 3 aromatic rings. The van der Waals surface area contributed by atoms with Crippen molar-refractivity contribution < 1.29 is 32.3 Å². The Balaban J connectivity index is 1.55. The van der Waals surface area contributed by atoms with Crippen molar-refractivity contribution in [2.45, 2.75) is 29.9 Å². The smallest absolute Gasteiger partial charge is 0.446 e. The summed E-state index contributed by atoms with van der Waals surface area (Å²) in [6.07, 6.45) is 2.89. The highest BCUT2D eigenvalue weighted by Crippen LogP contribution is 2.38. The number of urea groups is 1. The van der Waals surface area contributed by atoms with Gasteiger partial charge in [-0.3, -0.25) is 14.6 Å². The number of thioether (sulfide) groups is 1. The van der Waals surface area contributed by atoms with E-state index in [-0.39, 0.29) is 40.4 Å². The number of imide groups is 1. The number of rotatable bonds is 7. The van der Waals surface area contributed by atoms with Crippen molar-refractivity contribution in [3.05, 3.63) is 78.1 Å². The van der Waals surface area contributed by atoms with E-state index in [1.54, 1.807) is 51.4 Å². The first-order valence-electron chi connectivity index (χ1n) is 11.4. The third-order valence-corrected chi connectivity index (χ3v) is 6.80. The van der Waals surface area contributed by atoms with Gasteiger partial charge in [0.2, 0.25) is 0 Å². The second-order valence-electron chi connectivity index (χ2n) is 8.40. The van der Waals surface area contributed by atoms with Crippen LogP contribution >= 0.6 is 11.8 Å². The highest BCUT2D eigenvalue weighted by molar-refractivity contribution is 8.00. The number of carbonyl (C=O) groups excluding carboxylic acids is 3. The highest BCUT2D eigenvalue weighted by Gasteiger charge is 2.43. The quantitative estimate of drug-likeness (QED) is 0.295. The molecule has 1 unspecified atom stereocenters. The lowest BCUT2D eigenvalue weighted by atomic mass is 10.1. The molecule has 0 radical (unpaired) electrons. The molecular weight excluding hydrogens is 521 g/mol. The first kappa shape index (κ1) is 27.0. The summed E-state index contributed by atoms with van der Waals surface area (Å²) in [5.41, 5.74) is -2.94. The predicted molar refractivity (Wildman–Crippen MR) is 136 cm³/mol. The zero-order valence-corrected chi connectivity index (χ0v) is 21.4. The van der Waals surface area contributed by atoms with Gasteiger partial charge in [-0.15, -0.1) is 0 Å². The lowest BCUT2D eigenvalue weighted by Gasteiger charge is -2.23. The summed E-state index contributed by atoms with van der Waals surface area (Å²) in [5.74, 6) is -0.247. The molecule has 0 bridgehead atoms. The van der Waals surface area contributed by atoms with E-state index in [9.17, 15) is 27.6 Å². The van der Waals surface area contributed by atoms with Crippen LogP contribution in [0.1, 0.15) is 22.8 Å². The second-order valence-corrected chi connectivity index (χ2v) is 9.54. The molecule has 198 valence electrons. The van der Waals surface area contributed by atoms with Crippen LogP contribution in [0.2, 0.25) is 0 Å². The molecule has 12 heteroatoms. The van der Waals surface area contributed by atoms with Crippen molar-refractivity contribution in [1.29, 1.82) is 0 Å². The van der Waals surface area contributed by atoms with Crippen molar-refractivity contribution in [2.24, 2.45) is 0 Å². The third kappa shape index (κ3) is 5.59. The van der Waals surface area contributed by atoms with Crippen LogP contribution in [-0.4, -0.2) is 53.4 Å². The molecule has 38 heavy (non-hydrogen) atoms. The van der Waals surface area contributed by atoms with E-state index < -0.39 is 23.5 Å². The average Bonchev–Trinajstić information content (AvgIpc) is 3.10. The number of pyridine rings is 1. The molecule has 1 aliphatic heterocycles. The zero-order valence-electron chi connectivity index (χ0n) is 20.6. The number of amides is 4. The van der Waals surface area contributed by atoms with Gasteiger partial charge in [0, 0.05) is 36.6 Å². The molecule has 4 rings (SSSR count). The Morgan fingerprint density at radius 3 is 2.34 bits per heavy atom. The standard InChI is InChI=1S/C26H23F3N4O4S/c1-16-23(34)33(19-6-10-21(11-7-19)38-26(27,28)29)25(36)32(16)15-17-12-13-30-14-22(17)24(35)31(2)18-4-8-20(37-3)9-5-18/h4-14,16H,15H2,1-3H3. The fraction of sp³-hybridized carbons (Fsp3) is 0.231. The highest BCUT2D eigenvalue weighted by atomic mass is 32.2. The van der Waals surface area contributed by atoms with E-state index >= 15 is 0 Å². The van der Waals surface area contributed by atoms with Crippen LogP contribution in [0.4, 0.5) is 29.3 Å². The number of hydrogen-bond acceptors (Lipinski definition) is 6. The number of methoxy groups -OCH3 is 1. The molecule has 8 nitrogen and oxygen atoms in total. The second kappa shape index (κ2) is 10.7. The van der Waals surface area contributed by atoms with E-state index in [1.165, 1.54) is 46.5 Å². The fourth-order valence-electron chi connectivity index (χ4n) is 3.99. The van der Waals surface area contributed by atoms with Crippen LogP contribution in [0.5, 0.6) is 5.75 Å². The Morgan fingerprint density at radius 1 is 1.08 bits per heavy atom. The normalized spacial score (nSPS) is 15.7. The largest absolute Gasteiger partial charge is 0.497 e. The minimum Gasteiger partial charge on any atom is -0.497 e. The molecule has 1 atom stereocenters. The van der Waals surface area contributed by atoms with Gasteiger partial charge in [0.1, 0.15) is 11.8 Å². The van der Waals surface area contributed by atoms with Crippen LogP contribution in [0.3, 0.4) is 0 Å². The zero-order chi connectivity index (χ0) is 27.6. The van der Waals surface area contributed by atoms with E-state index in [1.807, 2.05) is 0 Å². The van der Waals surface area contributed by atoms with Crippen molar-refractivity contribution in [1.82, 2.24) is 9.88 Å². The van der Waals surface area contributed by atoms with E-state index in [2.05, 4.69) is 4.98 Å². The minimum atomic E-state index is -4.45. The van der Waals surface area contributed by atoms with E-state index in [0.29, 0.717) is 17.0 Å². The van der Waals surface area contributed by atoms with Gasteiger partial charge in [-0.05, 0) is 78.8 Å². The van der Waals surface area contributed by atoms with Crippen LogP contribution in [0, 0.1) is 0 Å². The van der Waals surface area contributed by atoms with Gasteiger partial charge in [0.25, 0.3) is 11.8 Å². The molecule has 1 fully saturated rings. The van der Waals surface area contributed by atoms with Crippen molar-refractivity contribution in [2.75, 3.05) is 24.0 Å². The monoisotopic (exact) mass is 544 g/mol. The van der Waals surface area contributed by atoms with Crippen molar-refractivity contribution in [3.63, 3.8) is 0 Å². The number of halogens is 3. The molecule has 0 aliphatic carbocycles. The fourth-order valence-corrected chi connectivity index (χ4v) is 4.53. The van der Waals surface area contributed by atoms with Crippen LogP contribution in [0.15, 0.2) is 71.9 Å². The predicted octanol–water partition coefficient (Wildman–Crippen LogP) is 5.34. The summed E-state index contributed by atoms with van der Waals surface area (Å²) in [6.45, 7) is 1.50. The summed E-state index contributed by atoms with van der Waals surface area (Å²) in [4.78, 5) is 47.2. The van der Waals surface area contributed by atoms with E-state index in [0.717, 1.165) is 4.90 Å². The first-order chi connectivity index (χ1) is 18.0. The van der Waals surface area contributed by atoms with Crippen LogP contribution < -0.4 is 14.5 Å². The Kier molecular flexibility index (Phi) is 7.63. The van der Waals surface area contributed by atoms with Crippen LogP contribution in [0.25, 0.3) is 0 Å². The SMILES string of the molecule is COc1ccc(N(C)C(=O)c2cnccc2CN2C(=O)N(c3ccc(SC(F)(F)F)cc3)C(=O)C2C)cc1. The third-order valence-electron chi connectivity index (χ3n) is 6.06. The Morgan fingerprint density at radius 2 is 1.74 bits per heavy atom. The van der Waals surface area contributed by atoms with Gasteiger partial charge in [-0.1, -0.05) is 0 Å². The Bertz CT molecular complexity index is 1350. The minimum absolute atomic E-state index is 0.0513. The Hall–Kier alpha value is -4.06. The summed E-state index contributed by atoms with van der Waals surface area (Å²) < 4.78 is 43.1. The molecule has 0 N–H and O–H groups in total. The van der Waals surface area contributed by atoms with Gasteiger partial charge >= 0.3 is 11.5 Å². The number of ether oxygens (including phenoxy) is 1. The average molecular weight is 545 g/mol. The van der Waals surface area contributed by atoms with Gasteiger partial charge in [0.15, 0.2) is 0 Å². The lowest BCUT2D eigenvalue weighted by molar-refractivity contribution is -0.119. The van der Waals surface area contributed by atoms with E-state index in [4.69, 9.17) is 4.74 Å². The van der Waals surface area contributed by atoms with Gasteiger partial charge < -0.3 is 14.5 Å². The molecular formula is C26H23F3N4O4S. The summed E-state index contributed by atoms with van der Waals surface area (Å²) >= 11 is -0.284. The Labute approximate surface area is 221 Å². The first-order valence-corrected chi connectivity index (χ1v) is 12.2. The summed E-state index contributed by atoms with van der Waals surface area (Å²) in [7, 11) is 3.15. The molecule has 0 spiro atoms.